The summed E-state index contributed by atoms with van der Waals surface area (Å²) in [6.45, 7) is 1.50. The Bertz CT molecular complexity index is 880. The van der Waals surface area contributed by atoms with E-state index in [2.05, 4.69) is 10.1 Å². The molecule has 1 aromatic carbocycles. The largest absolute Gasteiger partial charge is 0.482 e. The van der Waals surface area contributed by atoms with Gasteiger partial charge in [0.1, 0.15) is 18.9 Å². The molecule has 0 radical (unpaired) electrons. The Labute approximate surface area is 158 Å². The van der Waals surface area contributed by atoms with Crippen LogP contribution in [0.5, 0.6) is 5.75 Å². The summed E-state index contributed by atoms with van der Waals surface area (Å²) >= 11 is 11.7. The van der Waals surface area contributed by atoms with E-state index < -0.39 is 23.3 Å². The fraction of sp³-hybridized carbons (Fsp3) is 0.235. The topological polar surface area (TPSA) is 94.8 Å². The average Bonchev–Trinajstić information content (AvgIpc) is 2.62. The van der Waals surface area contributed by atoms with Crippen molar-refractivity contribution in [3.8, 4) is 5.75 Å². The molecule has 138 valence electrons. The predicted molar refractivity (Wildman–Crippen MR) is 94.7 cm³/mol. The van der Waals surface area contributed by atoms with Crippen LogP contribution in [0.25, 0.3) is 0 Å². The molecular formula is C17H15Cl2NO6. The first kappa shape index (κ1) is 19.8. The van der Waals surface area contributed by atoms with Crippen LogP contribution in [0.4, 0.5) is 0 Å². The second-order valence-corrected chi connectivity index (χ2v) is 6.04. The van der Waals surface area contributed by atoms with Gasteiger partial charge in [-0.25, -0.2) is 4.79 Å². The number of rotatable bonds is 6. The summed E-state index contributed by atoms with van der Waals surface area (Å²) in [4.78, 5) is 35.3. The van der Waals surface area contributed by atoms with Gasteiger partial charge in [-0.05, 0) is 24.6 Å². The monoisotopic (exact) mass is 399 g/mol. The molecule has 0 aliphatic carbocycles. The minimum absolute atomic E-state index is 0.0621. The molecule has 1 atom stereocenters. The molecule has 0 saturated carbocycles. The van der Waals surface area contributed by atoms with E-state index in [1.807, 2.05) is 0 Å². The number of esters is 1. The molecule has 1 heterocycles. The Morgan fingerprint density at radius 2 is 1.96 bits per heavy atom. The molecule has 0 fully saturated rings. The maximum atomic E-state index is 12.1. The normalized spacial score (nSPS) is 11.5. The number of carbonyl (C=O) groups is 2. The highest BCUT2D eigenvalue weighted by molar-refractivity contribution is 6.42. The van der Waals surface area contributed by atoms with Crippen molar-refractivity contribution in [2.24, 2.45) is 0 Å². The van der Waals surface area contributed by atoms with Crippen molar-refractivity contribution in [2.75, 3.05) is 7.11 Å². The molecule has 7 nitrogen and oxygen atoms in total. The van der Waals surface area contributed by atoms with Crippen molar-refractivity contribution in [1.29, 1.82) is 0 Å². The highest BCUT2D eigenvalue weighted by Gasteiger charge is 2.19. The minimum Gasteiger partial charge on any atom is -0.482 e. The fourth-order valence-corrected chi connectivity index (χ4v) is 2.24. The summed E-state index contributed by atoms with van der Waals surface area (Å²) in [7, 11) is 1.20. The van der Waals surface area contributed by atoms with E-state index in [4.69, 9.17) is 32.4 Å². The molecule has 2 rings (SSSR count). The Morgan fingerprint density at radius 3 is 2.58 bits per heavy atom. The maximum absolute atomic E-state index is 12.1. The molecule has 26 heavy (non-hydrogen) atoms. The third kappa shape index (κ3) is 5.00. The van der Waals surface area contributed by atoms with Crippen LogP contribution >= 0.6 is 23.2 Å². The Hall–Kier alpha value is -2.51. The molecular weight excluding hydrogens is 385 g/mol. The van der Waals surface area contributed by atoms with Crippen LogP contribution in [-0.4, -0.2) is 25.0 Å². The second kappa shape index (κ2) is 8.73. The highest BCUT2D eigenvalue weighted by Crippen LogP contribution is 2.23. The fourth-order valence-electron chi connectivity index (χ4n) is 1.92. The van der Waals surface area contributed by atoms with Gasteiger partial charge in [-0.1, -0.05) is 29.3 Å². The van der Waals surface area contributed by atoms with Crippen LogP contribution in [0.15, 0.2) is 39.7 Å². The van der Waals surface area contributed by atoms with E-state index in [9.17, 15) is 14.4 Å². The number of nitrogens with one attached hydrogen (secondary N) is 1. The van der Waals surface area contributed by atoms with Gasteiger partial charge in [-0.15, -0.1) is 0 Å². The van der Waals surface area contributed by atoms with Crippen molar-refractivity contribution in [3.05, 3.63) is 62.1 Å². The zero-order chi connectivity index (χ0) is 19.3. The number of benzene rings is 1. The van der Waals surface area contributed by atoms with E-state index >= 15 is 0 Å². The zero-order valence-corrected chi connectivity index (χ0v) is 15.4. The average molecular weight is 400 g/mol. The Morgan fingerprint density at radius 1 is 1.23 bits per heavy atom. The molecule has 0 saturated heterocycles. The van der Waals surface area contributed by atoms with Crippen molar-refractivity contribution in [2.45, 2.75) is 19.6 Å². The third-order valence-corrected chi connectivity index (χ3v) is 4.04. The molecule has 1 aromatic heterocycles. The number of ether oxygens (including phenoxy) is 2. The van der Waals surface area contributed by atoms with Crippen molar-refractivity contribution >= 4 is 35.1 Å². The van der Waals surface area contributed by atoms with Crippen LogP contribution in [0.3, 0.4) is 0 Å². The van der Waals surface area contributed by atoms with E-state index in [1.165, 1.54) is 14.0 Å². The lowest BCUT2D eigenvalue weighted by molar-refractivity contribution is -0.142. The first-order chi connectivity index (χ1) is 12.3. The van der Waals surface area contributed by atoms with Crippen molar-refractivity contribution < 1.29 is 23.5 Å². The number of hydrogen-bond donors (Lipinski definition) is 1. The lowest BCUT2D eigenvalue weighted by Crippen LogP contribution is -2.39. The van der Waals surface area contributed by atoms with Gasteiger partial charge in [0.2, 0.25) is 11.2 Å². The summed E-state index contributed by atoms with van der Waals surface area (Å²) in [5.74, 6) is -1.68. The summed E-state index contributed by atoms with van der Waals surface area (Å²) in [6.07, 6.45) is 1.03. The quantitative estimate of drug-likeness (QED) is 0.750. The van der Waals surface area contributed by atoms with Crippen LogP contribution in [-0.2, 0) is 16.1 Å². The smallest absolute Gasteiger partial charge is 0.328 e. The van der Waals surface area contributed by atoms with Crippen molar-refractivity contribution in [1.82, 2.24) is 5.32 Å². The summed E-state index contributed by atoms with van der Waals surface area (Å²) < 4.78 is 15.0. The van der Waals surface area contributed by atoms with Gasteiger partial charge in [0.05, 0.1) is 17.2 Å². The zero-order valence-electron chi connectivity index (χ0n) is 13.9. The van der Waals surface area contributed by atoms with Crippen LogP contribution in [0.1, 0.15) is 23.0 Å². The lowest BCUT2D eigenvalue weighted by atomic mass is 10.2. The lowest BCUT2D eigenvalue weighted by Gasteiger charge is -2.11. The number of halogens is 2. The third-order valence-electron chi connectivity index (χ3n) is 3.30. The molecule has 0 unspecified atom stereocenters. The number of methoxy groups -OCH3 is 1. The maximum Gasteiger partial charge on any atom is 0.328 e. The standard InChI is InChI=1S/C17H15Cl2NO6/c1-9(17(23)24-2)20-16(22)14-6-13(21)15(8-26-14)25-7-10-3-4-11(18)12(19)5-10/h3-6,8-9H,7H2,1-2H3,(H,20,22)/t9-/m0/s1. The molecule has 9 heteroatoms. The SMILES string of the molecule is COC(=O)[C@H](C)NC(=O)c1cc(=O)c(OCc2ccc(Cl)c(Cl)c2)co1. The molecule has 2 aromatic rings. The number of hydrogen-bond acceptors (Lipinski definition) is 6. The summed E-state index contributed by atoms with van der Waals surface area (Å²) in [5, 5.41) is 3.12. The Balaban J connectivity index is 2.04. The highest BCUT2D eigenvalue weighted by atomic mass is 35.5. The van der Waals surface area contributed by atoms with Crippen LogP contribution in [0, 0.1) is 0 Å². The molecule has 0 spiro atoms. The van der Waals surface area contributed by atoms with Gasteiger partial charge in [0.15, 0.2) is 5.76 Å². The van der Waals surface area contributed by atoms with E-state index in [1.54, 1.807) is 18.2 Å². The van der Waals surface area contributed by atoms with Gasteiger partial charge in [-0.2, -0.15) is 0 Å². The predicted octanol–water partition coefficient (Wildman–Crippen LogP) is 2.82. The Kier molecular flexibility index (Phi) is 6.65. The minimum atomic E-state index is -0.886. The number of carbonyl (C=O) groups excluding carboxylic acids is 2. The second-order valence-electron chi connectivity index (χ2n) is 5.23. The summed E-state index contributed by atoms with van der Waals surface area (Å²) in [6, 6.07) is 5.01. The van der Waals surface area contributed by atoms with E-state index in [0.29, 0.717) is 15.6 Å². The summed E-state index contributed by atoms with van der Waals surface area (Å²) in [5.41, 5.74) is 0.153. The molecule has 0 aliphatic heterocycles. The van der Waals surface area contributed by atoms with Gasteiger partial charge in [0, 0.05) is 6.07 Å². The van der Waals surface area contributed by atoms with Gasteiger partial charge in [0.25, 0.3) is 5.91 Å². The van der Waals surface area contributed by atoms with Gasteiger partial charge < -0.3 is 19.2 Å². The molecule has 1 N–H and O–H groups in total. The number of amides is 1. The van der Waals surface area contributed by atoms with Crippen LogP contribution < -0.4 is 15.5 Å². The molecule has 1 amide bonds. The van der Waals surface area contributed by atoms with Crippen LogP contribution in [0.2, 0.25) is 10.0 Å². The van der Waals surface area contributed by atoms with Crippen molar-refractivity contribution in [3.63, 3.8) is 0 Å². The van der Waals surface area contributed by atoms with Gasteiger partial charge in [-0.3, -0.25) is 9.59 Å². The van der Waals surface area contributed by atoms with E-state index in [-0.39, 0.29) is 18.1 Å². The molecule has 0 aliphatic rings. The van der Waals surface area contributed by atoms with E-state index in [0.717, 1.165) is 12.3 Å². The van der Waals surface area contributed by atoms with Gasteiger partial charge >= 0.3 is 5.97 Å². The first-order valence-electron chi connectivity index (χ1n) is 7.40. The first-order valence-corrected chi connectivity index (χ1v) is 8.15. The molecule has 0 bridgehead atoms.